The van der Waals surface area contributed by atoms with E-state index >= 15 is 0 Å². The average molecular weight is 337 g/mol. The van der Waals surface area contributed by atoms with E-state index < -0.39 is 0 Å². The zero-order valence-electron chi connectivity index (χ0n) is 13.6. The lowest BCUT2D eigenvalue weighted by Crippen LogP contribution is -2.11. The van der Waals surface area contributed by atoms with Gasteiger partial charge in [-0.1, -0.05) is 18.2 Å². The molecule has 1 N–H and O–H groups in total. The number of rotatable bonds is 3. The number of benzene rings is 1. The van der Waals surface area contributed by atoms with Crippen molar-refractivity contribution in [2.75, 3.05) is 5.32 Å². The second-order valence-electron chi connectivity index (χ2n) is 6.18. The van der Waals surface area contributed by atoms with Gasteiger partial charge in [-0.2, -0.15) is 0 Å². The number of carbonyl (C=O) groups excluding carboxylic acids is 1. The summed E-state index contributed by atoms with van der Waals surface area (Å²) in [7, 11) is 0. The summed E-state index contributed by atoms with van der Waals surface area (Å²) in [5, 5.41) is 5.03. The number of amides is 1. The Balaban J connectivity index is 1.65. The van der Waals surface area contributed by atoms with Crippen molar-refractivity contribution in [3.63, 3.8) is 0 Å². The minimum atomic E-state index is -0.0653. The number of nitrogens with zero attached hydrogens (tertiary/aromatic N) is 2. The van der Waals surface area contributed by atoms with E-state index in [2.05, 4.69) is 16.1 Å². The molecule has 0 saturated carbocycles. The Labute approximate surface area is 145 Å². The first-order valence-electron chi connectivity index (χ1n) is 8.22. The summed E-state index contributed by atoms with van der Waals surface area (Å²) in [5.74, 6) is 1.08. The molecule has 5 heteroatoms. The molecule has 0 atom stereocenters. The summed E-state index contributed by atoms with van der Waals surface area (Å²) >= 11 is 1.47. The number of nitrogens with one attached hydrogen (secondary N) is 1. The van der Waals surface area contributed by atoms with Crippen molar-refractivity contribution in [2.24, 2.45) is 0 Å². The number of anilines is 1. The molecule has 3 heterocycles. The van der Waals surface area contributed by atoms with E-state index in [0.29, 0.717) is 0 Å². The van der Waals surface area contributed by atoms with Gasteiger partial charge in [-0.25, -0.2) is 4.98 Å². The lowest BCUT2D eigenvalue weighted by molar-refractivity contribution is 0.103. The number of aromatic nitrogens is 2. The third-order valence-corrected chi connectivity index (χ3v) is 5.36. The van der Waals surface area contributed by atoms with Crippen LogP contribution in [-0.4, -0.2) is 15.5 Å². The number of hydrogen-bond donors (Lipinski definition) is 1. The molecule has 122 valence electrons. The fourth-order valence-corrected chi connectivity index (χ4v) is 3.89. The van der Waals surface area contributed by atoms with Crippen molar-refractivity contribution in [3.8, 4) is 11.3 Å². The van der Waals surface area contributed by atoms with E-state index in [4.69, 9.17) is 4.98 Å². The van der Waals surface area contributed by atoms with Crippen LogP contribution < -0.4 is 5.32 Å². The number of fused-ring (bicyclic) bond motifs is 1. The van der Waals surface area contributed by atoms with Crippen LogP contribution in [0.5, 0.6) is 0 Å². The Morgan fingerprint density at radius 3 is 2.96 bits per heavy atom. The molecule has 4 nitrogen and oxygen atoms in total. The first-order valence-corrected chi connectivity index (χ1v) is 9.10. The van der Waals surface area contributed by atoms with Gasteiger partial charge in [0.25, 0.3) is 5.91 Å². The molecular weight excluding hydrogens is 318 g/mol. The highest BCUT2D eigenvalue weighted by atomic mass is 32.1. The van der Waals surface area contributed by atoms with E-state index in [-0.39, 0.29) is 5.91 Å². The molecule has 0 radical (unpaired) electrons. The van der Waals surface area contributed by atoms with Crippen LogP contribution in [-0.2, 0) is 13.0 Å². The second-order valence-corrected chi connectivity index (χ2v) is 7.09. The summed E-state index contributed by atoms with van der Waals surface area (Å²) in [5.41, 5.74) is 3.83. The normalized spacial score (nSPS) is 13.5. The molecule has 0 unspecified atom stereocenters. The molecule has 1 aromatic carbocycles. The smallest absolute Gasteiger partial charge is 0.265 e. The Kier molecular flexibility index (Phi) is 3.94. The van der Waals surface area contributed by atoms with Crippen LogP contribution in [0.1, 0.15) is 33.9 Å². The molecule has 0 aliphatic carbocycles. The Morgan fingerprint density at radius 1 is 1.29 bits per heavy atom. The number of hydrogen-bond acceptors (Lipinski definition) is 3. The minimum Gasteiger partial charge on any atom is -0.334 e. The highest BCUT2D eigenvalue weighted by Crippen LogP contribution is 2.29. The molecule has 3 aromatic rings. The predicted octanol–water partition coefficient (Wildman–Crippen LogP) is 4.51. The molecule has 24 heavy (non-hydrogen) atoms. The van der Waals surface area contributed by atoms with E-state index in [9.17, 15) is 4.79 Å². The van der Waals surface area contributed by atoms with Crippen molar-refractivity contribution in [1.29, 1.82) is 0 Å². The van der Waals surface area contributed by atoms with Gasteiger partial charge in [0.2, 0.25) is 0 Å². The summed E-state index contributed by atoms with van der Waals surface area (Å²) in [6.45, 7) is 3.03. The molecular formula is C19H19N3OS. The van der Waals surface area contributed by atoms with Gasteiger partial charge in [-0.15, -0.1) is 11.3 Å². The largest absolute Gasteiger partial charge is 0.334 e. The van der Waals surface area contributed by atoms with Crippen LogP contribution in [0.3, 0.4) is 0 Å². The van der Waals surface area contributed by atoms with Crippen LogP contribution >= 0.6 is 11.3 Å². The molecule has 0 saturated heterocycles. The van der Waals surface area contributed by atoms with Crippen molar-refractivity contribution in [3.05, 3.63) is 58.2 Å². The van der Waals surface area contributed by atoms with E-state index in [1.165, 1.54) is 24.2 Å². The van der Waals surface area contributed by atoms with Gasteiger partial charge in [0.05, 0.1) is 16.3 Å². The van der Waals surface area contributed by atoms with Gasteiger partial charge in [0.1, 0.15) is 5.82 Å². The Morgan fingerprint density at radius 2 is 2.17 bits per heavy atom. The monoisotopic (exact) mass is 337 g/mol. The second kappa shape index (κ2) is 6.24. The topological polar surface area (TPSA) is 46.9 Å². The molecule has 2 aromatic heterocycles. The average Bonchev–Trinajstić information content (AvgIpc) is 3.21. The summed E-state index contributed by atoms with van der Waals surface area (Å²) in [6, 6.07) is 9.79. The minimum absolute atomic E-state index is 0.0653. The molecule has 0 bridgehead atoms. The fraction of sp³-hybridized carbons (Fsp3) is 0.263. The SMILES string of the molecule is Cc1csc(C(=O)Nc2ccccc2-c2cn3c(n2)CCCC3)c1. The summed E-state index contributed by atoms with van der Waals surface area (Å²) in [4.78, 5) is 18.0. The summed E-state index contributed by atoms with van der Waals surface area (Å²) < 4.78 is 2.24. The number of para-hydroxylation sites is 1. The first-order chi connectivity index (χ1) is 11.7. The maximum absolute atomic E-state index is 12.5. The standard InChI is InChI=1S/C19H19N3OS/c1-13-10-17(24-12-13)19(23)21-15-7-3-2-6-14(15)16-11-22-9-5-4-8-18(22)20-16/h2-3,6-7,10-12H,4-5,8-9H2,1H3,(H,21,23). The maximum Gasteiger partial charge on any atom is 0.265 e. The van der Waals surface area contributed by atoms with Gasteiger partial charge in [0, 0.05) is 24.7 Å². The van der Waals surface area contributed by atoms with Crippen molar-refractivity contribution in [1.82, 2.24) is 9.55 Å². The van der Waals surface area contributed by atoms with E-state index in [1.807, 2.05) is 42.6 Å². The highest BCUT2D eigenvalue weighted by molar-refractivity contribution is 7.12. The van der Waals surface area contributed by atoms with Crippen LogP contribution in [0.4, 0.5) is 5.69 Å². The predicted molar refractivity (Wildman–Crippen MR) is 97.6 cm³/mol. The van der Waals surface area contributed by atoms with Crippen LogP contribution in [0, 0.1) is 6.92 Å². The quantitative estimate of drug-likeness (QED) is 0.764. The first kappa shape index (κ1) is 15.1. The third-order valence-electron chi connectivity index (χ3n) is 4.31. The van der Waals surface area contributed by atoms with Crippen molar-refractivity contribution in [2.45, 2.75) is 32.7 Å². The molecule has 0 spiro atoms. The van der Waals surface area contributed by atoms with Gasteiger partial charge >= 0.3 is 0 Å². The lowest BCUT2D eigenvalue weighted by atomic mass is 10.1. The van der Waals surface area contributed by atoms with Crippen LogP contribution in [0.15, 0.2) is 41.9 Å². The summed E-state index contributed by atoms with van der Waals surface area (Å²) in [6.07, 6.45) is 5.54. The van der Waals surface area contributed by atoms with Crippen LogP contribution in [0.25, 0.3) is 11.3 Å². The Bertz CT molecular complexity index is 870. The molecule has 1 aliphatic rings. The lowest BCUT2D eigenvalue weighted by Gasteiger charge is -2.11. The highest BCUT2D eigenvalue weighted by Gasteiger charge is 2.16. The van der Waals surface area contributed by atoms with Crippen LogP contribution in [0.2, 0.25) is 0 Å². The van der Waals surface area contributed by atoms with E-state index in [0.717, 1.165) is 46.2 Å². The van der Waals surface area contributed by atoms with Gasteiger partial charge < -0.3 is 9.88 Å². The van der Waals surface area contributed by atoms with Gasteiger partial charge in [0.15, 0.2) is 0 Å². The zero-order valence-corrected chi connectivity index (χ0v) is 14.4. The zero-order chi connectivity index (χ0) is 16.5. The molecule has 1 aliphatic heterocycles. The number of aryl methyl sites for hydroxylation is 3. The van der Waals surface area contributed by atoms with Crippen molar-refractivity contribution >= 4 is 22.9 Å². The van der Waals surface area contributed by atoms with Gasteiger partial charge in [-0.3, -0.25) is 4.79 Å². The van der Waals surface area contributed by atoms with Gasteiger partial charge in [-0.05, 0) is 42.8 Å². The fourth-order valence-electron chi connectivity index (χ4n) is 3.09. The molecule has 4 rings (SSSR count). The Hall–Kier alpha value is -2.40. The number of thiophene rings is 1. The maximum atomic E-state index is 12.5. The van der Waals surface area contributed by atoms with Crippen molar-refractivity contribution < 1.29 is 4.79 Å². The third kappa shape index (κ3) is 2.87. The number of carbonyl (C=O) groups is 1. The van der Waals surface area contributed by atoms with E-state index in [1.54, 1.807) is 0 Å². The molecule has 0 fully saturated rings. The molecule has 1 amide bonds. The number of imidazole rings is 1.